The topological polar surface area (TPSA) is 26.3 Å². The Kier molecular flexibility index (Phi) is 8.31. The molecular weight excluding hydrogens is 164 g/mol. The first-order valence-corrected chi connectivity index (χ1v) is 4.70. The molecule has 0 unspecified atom stereocenters. The Morgan fingerprint density at radius 2 is 1.92 bits per heavy atom. The normalized spacial score (nSPS) is 11.2. The van der Waals surface area contributed by atoms with Crippen molar-refractivity contribution < 1.29 is 9.53 Å². The molecule has 0 rings (SSSR count). The number of allylic oxidation sites excluding steroid dienone is 3. The Balaban J connectivity index is 3.22. The number of hydrogen-bond donors (Lipinski definition) is 0. The van der Waals surface area contributed by atoms with Gasteiger partial charge in [-0.15, -0.1) is 0 Å². The van der Waals surface area contributed by atoms with Gasteiger partial charge >= 0.3 is 5.97 Å². The molecule has 0 spiro atoms. The lowest BCUT2D eigenvalue weighted by molar-refractivity contribution is -0.140. The molecule has 13 heavy (non-hydrogen) atoms. The number of esters is 1. The molecule has 0 aromatic rings. The van der Waals surface area contributed by atoms with E-state index in [4.69, 9.17) is 4.74 Å². The Bertz CT molecular complexity index is 181. The zero-order valence-corrected chi connectivity index (χ0v) is 8.45. The molecule has 0 heterocycles. The van der Waals surface area contributed by atoms with Crippen molar-refractivity contribution in [2.45, 2.75) is 33.1 Å². The van der Waals surface area contributed by atoms with Gasteiger partial charge in [-0.3, -0.25) is 4.79 Å². The summed E-state index contributed by atoms with van der Waals surface area (Å²) in [5.41, 5.74) is 0. The summed E-state index contributed by atoms with van der Waals surface area (Å²) >= 11 is 0. The van der Waals surface area contributed by atoms with E-state index in [2.05, 4.69) is 25.2 Å². The van der Waals surface area contributed by atoms with E-state index in [9.17, 15) is 4.79 Å². The molecule has 0 bridgehead atoms. The lowest BCUT2D eigenvalue weighted by Gasteiger charge is -1.95. The van der Waals surface area contributed by atoms with Gasteiger partial charge in [-0.1, -0.05) is 31.2 Å². The van der Waals surface area contributed by atoms with E-state index in [1.165, 1.54) is 6.92 Å². The van der Waals surface area contributed by atoms with Gasteiger partial charge in [0.25, 0.3) is 0 Å². The van der Waals surface area contributed by atoms with Crippen molar-refractivity contribution in [2.75, 3.05) is 6.61 Å². The molecule has 0 aliphatic rings. The molecule has 0 fully saturated rings. The number of ether oxygens (including phenoxy) is 1. The minimum atomic E-state index is -0.209. The summed E-state index contributed by atoms with van der Waals surface area (Å²) in [6.07, 6.45) is 11.2. The highest BCUT2D eigenvalue weighted by atomic mass is 16.5. The number of carbonyl (C=O) groups is 1. The van der Waals surface area contributed by atoms with Crippen molar-refractivity contribution in [3.8, 4) is 0 Å². The van der Waals surface area contributed by atoms with Crippen LogP contribution >= 0.6 is 0 Å². The summed E-state index contributed by atoms with van der Waals surface area (Å²) in [5, 5.41) is 0. The van der Waals surface area contributed by atoms with Gasteiger partial charge in [-0.2, -0.15) is 0 Å². The fourth-order valence-electron chi connectivity index (χ4n) is 0.826. The molecule has 0 aromatic heterocycles. The van der Waals surface area contributed by atoms with E-state index in [0.29, 0.717) is 6.61 Å². The zero-order valence-electron chi connectivity index (χ0n) is 8.45. The van der Waals surface area contributed by atoms with Crippen molar-refractivity contribution in [3.05, 3.63) is 24.3 Å². The Hall–Kier alpha value is -1.05. The van der Waals surface area contributed by atoms with Gasteiger partial charge in [-0.25, -0.2) is 0 Å². The van der Waals surface area contributed by atoms with Crippen LogP contribution < -0.4 is 0 Å². The van der Waals surface area contributed by atoms with Crippen LogP contribution in [-0.4, -0.2) is 12.6 Å². The number of carbonyl (C=O) groups excluding carboxylic acids is 1. The van der Waals surface area contributed by atoms with Gasteiger partial charge < -0.3 is 4.74 Å². The summed E-state index contributed by atoms with van der Waals surface area (Å²) in [6, 6.07) is 0. The molecular formula is C11H18O2. The summed E-state index contributed by atoms with van der Waals surface area (Å²) in [7, 11) is 0. The van der Waals surface area contributed by atoms with Crippen molar-refractivity contribution in [1.82, 2.24) is 0 Å². The lowest BCUT2D eigenvalue weighted by atomic mass is 10.3. The molecule has 2 heteroatoms. The first kappa shape index (κ1) is 11.9. The second kappa shape index (κ2) is 9.04. The predicted octanol–water partition coefficient (Wildman–Crippen LogP) is 2.85. The third-order valence-corrected chi connectivity index (χ3v) is 1.43. The van der Waals surface area contributed by atoms with E-state index in [1.54, 1.807) is 0 Å². The highest BCUT2D eigenvalue weighted by molar-refractivity contribution is 5.65. The van der Waals surface area contributed by atoms with E-state index in [0.717, 1.165) is 19.3 Å². The van der Waals surface area contributed by atoms with Gasteiger partial charge in [0.1, 0.15) is 0 Å². The molecule has 0 amide bonds. The summed E-state index contributed by atoms with van der Waals surface area (Å²) < 4.78 is 4.76. The third kappa shape index (κ3) is 10.9. The van der Waals surface area contributed by atoms with Crippen LogP contribution in [0.15, 0.2) is 24.3 Å². The van der Waals surface area contributed by atoms with Crippen molar-refractivity contribution >= 4 is 5.97 Å². The largest absolute Gasteiger partial charge is 0.466 e. The number of hydrogen-bond acceptors (Lipinski definition) is 2. The second-order valence-corrected chi connectivity index (χ2v) is 2.72. The zero-order chi connectivity index (χ0) is 9.94. The average molecular weight is 182 g/mol. The van der Waals surface area contributed by atoms with Crippen molar-refractivity contribution in [3.63, 3.8) is 0 Å². The molecule has 74 valence electrons. The van der Waals surface area contributed by atoms with E-state index in [-0.39, 0.29) is 5.97 Å². The highest BCUT2D eigenvalue weighted by Gasteiger charge is 1.87. The SMILES string of the molecule is CCC=CCC=CCCOC(C)=O. The maximum Gasteiger partial charge on any atom is 0.302 e. The lowest BCUT2D eigenvalue weighted by Crippen LogP contribution is -1.98. The summed E-state index contributed by atoms with van der Waals surface area (Å²) in [4.78, 5) is 10.4. The highest BCUT2D eigenvalue weighted by Crippen LogP contribution is 1.91. The first-order valence-electron chi connectivity index (χ1n) is 4.70. The van der Waals surface area contributed by atoms with Gasteiger partial charge in [0, 0.05) is 6.92 Å². The molecule has 0 saturated carbocycles. The minimum Gasteiger partial charge on any atom is -0.466 e. The van der Waals surface area contributed by atoms with E-state index >= 15 is 0 Å². The van der Waals surface area contributed by atoms with Crippen molar-refractivity contribution in [1.29, 1.82) is 0 Å². The smallest absolute Gasteiger partial charge is 0.302 e. The Morgan fingerprint density at radius 3 is 2.54 bits per heavy atom. The molecule has 0 saturated heterocycles. The fourth-order valence-corrected chi connectivity index (χ4v) is 0.826. The van der Waals surface area contributed by atoms with E-state index < -0.39 is 0 Å². The standard InChI is InChI=1S/C11H18O2/c1-3-4-5-6-7-8-9-10-13-11(2)12/h4-5,7-8H,3,6,9-10H2,1-2H3. The van der Waals surface area contributed by atoms with Gasteiger partial charge in [0.15, 0.2) is 0 Å². The van der Waals surface area contributed by atoms with Crippen LogP contribution in [0.5, 0.6) is 0 Å². The molecule has 0 aromatic carbocycles. The van der Waals surface area contributed by atoms with Crippen molar-refractivity contribution in [2.24, 2.45) is 0 Å². The molecule has 0 aliphatic heterocycles. The molecule has 0 N–H and O–H groups in total. The van der Waals surface area contributed by atoms with Crippen LogP contribution in [0, 0.1) is 0 Å². The maximum atomic E-state index is 10.4. The van der Waals surface area contributed by atoms with E-state index in [1.807, 2.05) is 6.08 Å². The molecule has 0 atom stereocenters. The maximum absolute atomic E-state index is 10.4. The van der Waals surface area contributed by atoms with Crippen LogP contribution in [0.4, 0.5) is 0 Å². The third-order valence-electron chi connectivity index (χ3n) is 1.43. The van der Waals surface area contributed by atoms with Crippen LogP contribution in [0.25, 0.3) is 0 Å². The molecule has 0 aliphatic carbocycles. The first-order chi connectivity index (χ1) is 6.27. The number of rotatable bonds is 6. The van der Waals surface area contributed by atoms with Crippen LogP contribution in [0.3, 0.4) is 0 Å². The van der Waals surface area contributed by atoms with Gasteiger partial charge in [0.2, 0.25) is 0 Å². The summed E-state index contributed by atoms with van der Waals surface area (Å²) in [6.45, 7) is 4.03. The average Bonchev–Trinajstić information content (AvgIpc) is 2.09. The second-order valence-electron chi connectivity index (χ2n) is 2.72. The van der Waals surface area contributed by atoms with Gasteiger partial charge in [-0.05, 0) is 19.3 Å². The summed E-state index contributed by atoms with van der Waals surface area (Å²) in [5.74, 6) is -0.209. The van der Waals surface area contributed by atoms with Gasteiger partial charge in [0.05, 0.1) is 6.61 Å². The van der Waals surface area contributed by atoms with Crippen LogP contribution in [-0.2, 0) is 9.53 Å². The Morgan fingerprint density at radius 1 is 1.23 bits per heavy atom. The molecule has 0 radical (unpaired) electrons. The monoisotopic (exact) mass is 182 g/mol. The van der Waals surface area contributed by atoms with Crippen LogP contribution in [0.2, 0.25) is 0 Å². The minimum absolute atomic E-state index is 0.209. The molecule has 2 nitrogen and oxygen atoms in total. The predicted molar refractivity (Wildman–Crippen MR) is 54.4 cm³/mol. The fraction of sp³-hybridized carbons (Fsp3) is 0.545. The quantitative estimate of drug-likeness (QED) is 0.358. The Labute approximate surface area is 80.3 Å². The van der Waals surface area contributed by atoms with Crippen LogP contribution in [0.1, 0.15) is 33.1 Å².